The summed E-state index contributed by atoms with van der Waals surface area (Å²) in [4.78, 5) is 17.4. The zero-order valence-electron chi connectivity index (χ0n) is 12.7. The van der Waals surface area contributed by atoms with Gasteiger partial charge < -0.3 is 5.73 Å². The lowest BCUT2D eigenvalue weighted by Gasteiger charge is -2.09. The minimum Gasteiger partial charge on any atom is -0.383 e. The van der Waals surface area contributed by atoms with Crippen LogP contribution in [-0.2, 0) is 6.42 Å². The number of nitrogens with two attached hydrogens (primary N) is 1. The van der Waals surface area contributed by atoms with E-state index in [4.69, 9.17) is 5.73 Å². The molecule has 0 unspecified atom stereocenters. The number of unbranched alkanes of at least 4 members (excludes halogenated alkanes) is 2. The van der Waals surface area contributed by atoms with Gasteiger partial charge in [0, 0.05) is 29.5 Å². The van der Waals surface area contributed by atoms with E-state index in [0.717, 1.165) is 34.9 Å². The highest BCUT2D eigenvalue weighted by Gasteiger charge is 2.11. The number of nitrogen functional groups attached to an aromatic ring is 1. The van der Waals surface area contributed by atoms with Crippen molar-refractivity contribution >= 4 is 16.7 Å². The summed E-state index contributed by atoms with van der Waals surface area (Å²) in [5.41, 5.74) is 9.04. The average Bonchev–Trinajstić information content (AvgIpc) is 2.55. The lowest BCUT2D eigenvalue weighted by Crippen LogP contribution is -2.01. The zero-order valence-corrected chi connectivity index (χ0v) is 12.7. The zero-order chi connectivity index (χ0) is 15.4. The number of rotatable bonds is 5. The molecule has 0 saturated heterocycles. The predicted molar refractivity (Wildman–Crippen MR) is 88.2 cm³/mol. The van der Waals surface area contributed by atoms with Crippen molar-refractivity contribution in [1.82, 2.24) is 19.9 Å². The summed E-state index contributed by atoms with van der Waals surface area (Å²) in [5, 5.41) is 0.934. The van der Waals surface area contributed by atoms with Gasteiger partial charge in [-0.2, -0.15) is 0 Å². The molecule has 5 nitrogen and oxygen atoms in total. The van der Waals surface area contributed by atoms with Crippen molar-refractivity contribution in [3.63, 3.8) is 0 Å². The summed E-state index contributed by atoms with van der Waals surface area (Å²) in [6.07, 6.45) is 11.5. The van der Waals surface area contributed by atoms with E-state index in [1.165, 1.54) is 12.8 Å². The molecule has 3 aromatic rings. The smallest absolute Gasteiger partial charge is 0.162 e. The molecule has 0 aliphatic carbocycles. The van der Waals surface area contributed by atoms with Gasteiger partial charge in [-0.25, -0.2) is 9.97 Å². The number of hydrogen-bond acceptors (Lipinski definition) is 5. The Balaban J connectivity index is 2.05. The molecular formula is C17H19N5. The third kappa shape index (κ3) is 2.88. The number of aryl methyl sites for hydroxylation is 1. The van der Waals surface area contributed by atoms with Gasteiger partial charge in [0.05, 0.1) is 11.7 Å². The summed E-state index contributed by atoms with van der Waals surface area (Å²) >= 11 is 0. The summed E-state index contributed by atoms with van der Waals surface area (Å²) in [6.45, 7) is 2.19. The first-order valence-corrected chi connectivity index (χ1v) is 7.60. The van der Waals surface area contributed by atoms with Gasteiger partial charge in [0.2, 0.25) is 0 Å². The minimum atomic E-state index is 0.519. The third-order valence-corrected chi connectivity index (χ3v) is 3.70. The van der Waals surface area contributed by atoms with E-state index in [0.29, 0.717) is 11.6 Å². The maximum atomic E-state index is 6.20. The van der Waals surface area contributed by atoms with Crippen molar-refractivity contribution in [2.45, 2.75) is 32.6 Å². The number of fused-ring (bicyclic) bond motifs is 1. The summed E-state index contributed by atoms with van der Waals surface area (Å²) < 4.78 is 0. The van der Waals surface area contributed by atoms with Crippen molar-refractivity contribution in [3.05, 3.63) is 42.5 Å². The Hall–Kier alpha value is -2.56. The maximum Gasteiger partial charge on any atom is 0.162 e. The molecule has 0 amide bonds. The lowest BCUT2D eigenvalue weighted by atomic mass is 10.0. The second kappa shape index (κ2) is 6.47. The number of nitrogens with zero attached hydrogens (tertiary/aromatic N) is 4. The van der Waals surface area contributed by atoms with E-state index in [1.807, 2.05) is 18.3 Å². The quantitative estimate of drug-likeness (QED) is 0.729. The molecule has 0 aliphatic rings. The highest BCUT2D eigenvalue weighted by molar-refractivity contribution is 5.91. The van der Waals surface area contributed by atoms with Gasteiger partial charge in [-0.15, -0.1) is 0 Å². The maximum absolute atomic E-state index is 6.20. The summed E-state index contributed by atoms with van der Waals surface area (Å²) in [5.74, 6) is 1.13. The van der Waals surface area contributed by atoms with Crippen LogP contribution in [0.25, 0.3) is 22.3 Å². The van der Waals surface area contributed by atoms with Crippen molar-refractivity contribution in [3.8, 4) is 11.4 Å². The molecule has 0 saturated carbocycles. The Morgan fingerprint density at radius 3 is 2.59 bits per heavy atom. The fraction of sp³-hybridized carbons (Fsp3) is 0.294. The first kappa shape index (κ1) is 14.4. The Labute approximate surface area is 129 Å². The van der Waals surface area contributed by atoms with E-state index in [-0.39, 0.29) is 0 Å². The fourth-order valence-electron chi connectivity index (χ4n) is 2.57. The molecular weight excluding hydrogens is 274 g/mol. The van der Waals surface area contributed by atoms with Crippen LogP contribution < -0.4 is 5.73 Å². The van der Waals surface area contributed by atoms with Crippen LogP contribution >= 0.6 is 0 Å². The van der Waals surface area contributed by atoms with Gasteiger partial charge >= 0.3 is 0 Å². The Bertz CT molecular complexity index is 771. The first-order chi connectivity index (χ1) is 10.8. The predicted octanol–water partition coefficient (Wildman–Crippen LogP) is 3.40. The third-order valence-electron chi connectivity index (χ3n) is 3.70. The van der Waals surface area contributed by atoms with Crippen LogP contribution in [0, 0.1) is 0 Å². The van der Waals surface area contributed by atoms with Crippen molar-refractivity contribution in [2.24, 2.45) is 0 Å². The Morgan fingerprint density at radius 2 is 1.82 bits per heavy atom. The fourth-order valence-corrected chi connectivity index (χ4v) is 2.57. The lowest BCUT2D eigenvalue weighted by molar-refractivity contribution is 0.718. The Morgan fingerprint density at radius 1 is 1.00 bits per heavy atom. The molecule has 22 heavy (non-hydrogen) atoms. The van der Waals surface area contributed by atoms with Crippen molar-refractivity contribution < 1.29 is 0 Å². The molecule has 0 aliphatic heterocycles. The standard InChI is InChI=1S/C17H19N5/c1-2-3-4-5-13-10-20-11-14-15(13)16(18)22-17(21-14)12-6-8-19-9-7-12/h6-11H,2-5H2,1H3,(H2,18,21,22). The van der Waals surface area contributed by atoms with Crippen LogP contribution in [0.1, 0.15) is 31.7 Å². The highest BCUT2D eigenvalue weighted by atomic mass is 15.0. The molecule has 3 aromatic heterocycles. The van der Waals surface area contributed by atoms with Crippen LogP contribution in [0.15, 0.2) is 36.9 Å². The van der Waals surface area contributed by atoms with Crippen molar-refractivity contribution in [1.29, 1.82) is 0 Å². The van der Waals surface area contributed by atoms with Gasteiger partial charge in [-0.3, -0.25) is 9.97 Å². The topological polar surface area (TPSA) is 77.6 Å². The van der Waals surface area contributed by atoms with Crippen LogP contribution in [0.4, 0.5) is 5.82 Å². The summed E-state index contributed by atoms with van der Waals surface area (Å²) in [6, 6.07) is 3.75. The van der Waals surface area contributed by atoms with Gasteiger partial charge in [0.1, 0.15) is 5.82 Å². The minimum absolute atomic E-state index is 0.519. The first-order valence-electron chi connectivity index (χ1n) is 7.60. The monoisotopic (exact) mass is 293 g/mol. The molecule has 3 heterocycles. The van der Waals surface area contributed by atoms with Gasteiger partial charge in [0.15, 0.2) is 5.82 Å². The number of pyridine rings is 2. The number of hydrogen-bond donors (Lipinski definition) is 1. The molecule has 2 N–H and O–H groups in total. The van der Waals surface area contributed by atoms with E-state index in [1.54, 1.807) is 18.6 Å². The SMILES string of the molecule is CCCCCc1cncc2nc(-c3ccncc3)nc(N)c12. The molecule has 5 heteroatoms. The van der Waals surface area contributed by atoms with E-state index >= 15 is 0 Å². The van der Waals surface area contributed by atoms with E-state index in [2.05, 4.69) is 26.9 Å². The molecule has 0 aromatic carbocycles. The van der Waals surface area contributed by atoms with Crippen LogP contribution in [-0.4, -0.2) is 19.9 Å². The van der Waals surface area contributed by atoms with Crippen molar-refractivity contribution in [2.75, 3.05) is 5.73 Å². The normalized spacial score (nSPS) is 11.0. The van der Waals surface area contributed by atoms with Gasteiger partial charge in [-0.05, 0) is 30.5 Å². The second-order valence-corrected chi connectivity index (χ2v) is 5.32. The number of aromatic nitrogens is 4. The molecule has 112 valence electrons. The molecule has 0 spiro atoms. The molecule has 0 bridgehead atoms. The average molecular weight is 293 g/mol. The number of anilines is 1. The molecule has 3 rings (SSSR count). The molecule has 0 atom stereocenters. The largest absolute Gasteiger partial charge is 0.383 e. The van der Waals surface area contributed by atoms with E-state index < -0.39 is 0 Å². The molecule has 0 fully saturated rings. The molecule has 0 radical (unpaired) electrons. The van der Waals surface area contributed by atoms with E-state index in [9.17, 15) is 0 Å². The Kier molecular flexibility index (Phi) is 4.23. The summed E-state index contributed by atoms with van der Waals surface area (Å²) in [7, 11) is 0. The van der Waals surface area contributed by atoms with Gasteiger partial charge in [0.25, 0.3) is 0 Å². The second-order valence-electron chi connectivity index (χ2n) is 5.32. The van der Waals surface area contributed by atoms with Crippen LogP contribution in [0.3, 0.4) is 0 Å². The van der Waals surface area contributed by atoms with Crippen LogP contribution in [0.2, 0.25) is 0 Å². The highest BCUT2D eigenvalue weighted by Crippen LogP contribution is 2.26. The van der Waals surface area contributed by atoms with Crippen LogP contribution in [0.5, 0.6) is 0 Å². The van der Waals surface area contributed by atoms with Gasteiger partial charge in [-0.1, -0.05) is 19.8 Å².